The van der Waals surface area contributed by atoms with Gasteiger partial charge in [0.25, 0.3) is 5.91 Å². The molecule has 0 aliphatic carbocycles. The van der Waals surface area contributed by atoms with Crippen molar-refractivity contribution in [3.8, 4) is 11.5 Å². The van der Waals surface area contributed by atoms with Gasteiger partial charge in [-0.25, -0.2) is 0 Å². The highest BCUT2D eigenvalue weighted by Crippen LogP contribution is 2.41. The molecule has 2 aliphatic rings. The number of pyridine rings is 1. The lowest BCUT2D eigenvalue weighted by Crippen LogP contribution is -2.52. The van der Waals surface area contributed by atoms with Gasteiger partial charge in [0.15, 0.2) is 11.5 Å². The number of benzene rings is 1. The van der Waals surface area contributed by atoms with Gasteiger partial charge in [0.05, 0.1) is 5.56 Å². The average Bonchev–Trinajstić information content (AvgIpc) is 2.74. The summed E-state index contributed by atoms with van der Waals surface area (Å²) in [6.07, 6.45) is 6.49. The lowest BCUT2D eigenvalue weighted by atomic mass is 9.72. The van der Waals surface area contributed by atoms with Crippen molar-refractivity contribution in [1.82, 2.24) is 14.8 Å². The number of carbonyl (C=O) groups is 2. The average molecular weight is 395 g/mol. The molecule has 1 spiro atoms. The van der Waals surface area contributed by atoms with E-state index < -0.39 is 0 Å². The number of rotatable bonds is 3. The van der Waals surface area contributed by atoms with E-state index in [9.17, 15) is 19.8 Å². The van der Waals surface area contributed by atoms with Gasteiger partial charge in [0, 0.05) is 45.0 Å². The van der Waals surface area contributed by atoms with Crippen molar-refractivity contribution in [2.45, 2.75) is 32.2 Å². The molecule has 1 aromatic carbocycles. The van der Waals surface area contributed by atoms with Crippen LogP contribution in [0.25, 0.3) is 0 Å². The fourth-order valence-electron chi connectivity index (χ4n) is 4.42. The third kappa shape index (κ3) is 3.90. The molecule has 2 amide bonds. The molecule has 7 heteroatoms. The number of phenols is 2. The molecule has 0 atom stereocenters. The van der Waals surface area contributed by atoms with Gasteiger partial charge >= 0.3 is 0 Å². The Kier molecular flexibility index (Phi) is 5.13. The predicted molar refractivity (Wildman–Crippen MR) is 106 cm³/mol. The first-order valence-corrected chi connectivity index (χ1v) is 9.94. The quantitative estimate of drug-likeness (QED) is 0.779. The van der Waals surface area contributed by atoms with Gasteiger partial charge in [-0.05, 0) is 54.5 Å². The van der Waals surface area contributed by atoms with Gasteiger partial charge in [0.2, 0.25) is 5.91 Å². The van der Waals surface area contributed by atoms with Crippen LogP contribution >= 0.6 is 0 Å². The Morgan fingerprint density at radius 3 is 2.52 bits per heavy atom. The van der Waals surface area contributed by atoms with Crippen LogP contribution in [-0.4, -0.2) is 56.4 Å². The van der Waals surface area contributed by atoms with Crippen molar-refractivity contribution in [3.63, 3.8) is 0 Å². The molecule has 152 valence electrons. The Bertz CT molecular complexity index is 908. The van der Waals surface area contributed by atoms with Crippen LogP contribution < -0.4 is 0 Å². The second-order valence-electron chi connectivity index (χ2n) is 8.07. The second kappa shape index (κ2) is 7.73. The highest BCUT2D eigenvalue weighted by atomic mass is 16.3. The zero-order chi connectivity index (χ0) is 20.4. The van der Waals surface area contributed by atoms with Crippen LogP contribution in [0.5, 0.6) is 11.5 Å². The highest BCUT2D eigenvalue weighted by Gasteiger charge is 2.42. The number of aromatic nitrogens is 1. The summed E-state index contributed by atoms with van der Waals surface area (Å²) < 4.78 is 0. The third-order valence-electron chi connectivity index (χ3n) is 6.23. The SMILES string of the molecule is O=C1CCC2(CCN(C(=O)c3cccc(O)c3O)CC2)CN1Cc1ccncc1. The van der Waals surface area contributed by atoms with Crippen LogP contribution in [0.1, 0.15) is 41.6 Å². The van der Waals surface area contributed by atoms with Crippen LogP contribution in [0.2, 0.25) is 0 Å². The summed E-state index contributed by atoms with van der Waals surface area (Å²) in [5, 5.41) is 19.7. The molecule has 4 rings (SSSR count). The van der Waals surface area contributed by atoms with Crippen LogP contribution in [-0.2, 0) is 11.3 Å². The maximum atomic E-state index is 12.8. The van der Waals surface area contributed by atoms with Gasteiger partial charge in [-0.2, -0.15) is 0 Å². The fraction of sp³-hybridized carbons (Fsp3) is 0.409. The lowest BCUT2D eigenvalue weighted by Gasteiger charge is -2.47. The third-order valence-corrected chi connectivity index (χ3v) is 6.23. The molecular formula is C22H25N3O4. The smallest absolute Gasteiger partial charge is 0.257 e. The van der Waals surface area contributed by atoms with Gasteiger partial charge < -0.3 is 20.0 Å². The van der Waals surface area contributed by atoms with Crippen molar-refractivity contribution < 1.29 is 19.8 Å². The Hall–Kier alpha value is -3.09. The molecule has 2 saturated heterocycles. The van der Waals surface area contributed by atoms with Gasteiger partial charge in [-0.3, -0.25) is 14.6 Å². The molecule has 7 nitrogen and oxygen atoms in total. The molecule has 2 N–H and O–H groups in total. The predicted octanol–water partition coefficient (Wildman–Crippen LogP) is 2.54. The number of hydrogen-bond donors (Lipinski definition) is 2. The summed E-state index contributed by atoms with van der Waals surface area (Å²) in [6, 6.07) is 8.29. The minimum absolute atomic E-state index is 0.0264. The zero-order valence-corrected chi connectivity index (χ0v) is 16.3. The van der Waals surface area contributed by atoms with E-state index in [2.05, 4.69) is 4.98 Å². The highest BCUT2D eigenvalue weighted by molar-refractivity contribution is 5.97. The number of hydrogen-bond acceptors (Lipinski definition) is 5. The van der Waals surface area contributed by atoms with E-state index in [0.717, 1.165) is 24.8 Å². The van der Waals surface area contributed by atoms with Crippen LogP contribution in [0.15, 0.2) is 42.7 Å². The molecule has 29 heavy (non-hydrogen) atoms. The summed E-state index contributed by atoms with van der Waals surface area (Å²) in [5.41, 5.74) is 1.22. The molecule has 0 bridgehead atoms. The van der Waals surface area contributed by atoms with Crippen molar-refractivity contribution in [1.29, 1.82) is 0 Å². The summed E-state index contributed by atoms with van der Waals surface area (Å²) >= 11 is 0. The molecule has 2 aromatic rings. The van der Waals surface area contributed by atoms with E-state index in [1.807, 2.05) is 17.0 Å². The van der Waals surface area contributed by atoms with Gasteiger partial charge in [-0.1, -0.05) is 6.07 Å². The molecule has 2 fully saturated rings. The standard InChI is InChI=1S/C22H25N3O4/c26-18-3-1-2-17(20(18)28)21(29)24-12-8-22(9-13-24)7-4-19(27)25(15-22)14-16-5-10-23-11-6-16/h1-3,5-6,10-11,26,28H,4,7-9,12-15H2. The van der Waals surface area contributed by atoms with Gasteiger partial charge in [-0.15, -0.1) is 0 Å². The molecule has 0 unspecified atom stereocenters. The number of aromatic hydroxyl groups is 2. The summed E-state index contributed by atoms with van der Waals surface area (Å²) in [5.74, 6) is -0.754. The maximum absolute atomic E-state index is 12.8. The van der Waals surface area contributed by atoms with Crippen LogP contribution in [0.3, 0.4) is 0 Å². The van der Waals surface area contributed by atoms with E-state index in [4.69, 9.17) is 0 Å². The molecule has 3 heterocycles. The first-order valence-electron chi connectivity index (χ1n) is 9.94. The molecular weight excluding hydrogens is 370 g/mol. The summed E-state index contributed by atoms with van der Waals surface area (Å²) in [4.78, 5) is 32.9. The number of para-hydroxylation sites is 1. The molecule has 0 radical (unpaired) electrons. The zero-order valence-electron chi connectivity index (χ0n) is 16.3. The van der Waals surface area contributed by atoms with Crippen molar-refractivity contribution in [3.05, 3.63) is 53.9 Å². The lowest BCUT2D eigenvalue weighted by molar-refractivity contribution is -0.139. The normalized spacial score (nSPS) is 18.8. The number of carbonyl (C=O) groups excluding carboxylic acids is 2. The Balaban J connectivity index is 1.42. The molecule has 1 aromatic heterocycles. The largest absolute Gasteiger partial charge is 0.504 e. The number of piperidine rings is 2. The minimum Gasteiger partial charge on any atom is -0.504 e. The molecule has 2 aliphatic heterocycles. The van der Waals surface area contributed by atoms with Gasteiger partial charge in [0.1, 0.15) is 0 Å². The number of phenolic OH excluding ortho intramolecular Hbond substituents is 2. The van der Waals surface area contributed by atoms with Crippen LogP contribution in [0.4, 0.5) is 0 Å². The first-order chi connectivity index (χ1) is 14.0. The number of nitrogens with zero attached hydrogens (tertiary/aromatic N) is 3. The van der Waals surface area contributed by atoms with Crippen molar-refractivity contribution in [2.24, 2.45) is 5.41 Å². The number of likely N-dealkylation sites (tertiary alicyclic amines) is 2. The van der Waals surface area contributed by atoms with E-state index in [-0.39, 0.29) is 34.3 Å². The van der Waals surface area contributed by atoms with E-state index in [0.29, 0.717) is 32.6 Å². The van der Waals surface area contributed by atoms with Crippen molar-refractivity contribution in [2.75, 3.05) is 19.6 Å². The molecule has 0 saturated carbocycles. The minimum atomic E-state index is -0.371. The fourth-order valence-corrected chi connectivity index (χ4v) is 4.42. The first kappa shape index (κ1) is 19.2. The van der Waals surface area contributed by atoms with Crippen molar-refractivity contribution >= 4 is 11.8 Å². The Morgan fingerprint density at radius 1 is 1.07 bits per heavy atom. The Morgan fingerprint density at radius 2 is 1.79 bits per heavy atom. The Labute approximate surface area is 169 Å². The summed E-state index contributed by atoms with van der Waals surface area (Å²) in [6.45, 7) is 2.44. The van der Waals surface area contributed by atoms with E-state index in [1.54, 1.807) is 23.4 Å². The van der Waals surface area contributed by atoms with E-state index >= 15 is 0 Å². The summed E-state index contributed by atoms with van der Waals surface area (Å²) in [7, 11) is 0. The monoisotopic (exact) mass is 395 g/mol. The topological polar surface area (TPSA) is 94.0 Å². The van der Waals surface area contributed by atoms with Crippen LogP contribution in [0, 0.1) is 5.41 Å². The maximum Gasteiger partial charge on any atom is 0.257 e. The van der Waals surface area contributed by atoms with E-state index in [1.165, 1.54) is 12.1 Å². The number of amides is 2. The second-order valence-corrected chi connectivity index (χ2v) is 8.07.